The van der Waals surface area contributed by atoms with E-state index in [4.69, 9.17) is 0 Å². The standard InChI is InChI=1S/C18H9N3O2/c22-12-20-11-15(9-13-5-1-3-7-16(13)20)18(23)21-17-8-4-2-6-14(17)10-19-21/h1-9H/q+1. The summed E-state index contributed by atoms with van der Waals surface area (Å²) in [5, 5.41) is 5.28. The summed E-state index contributed by atoms with van der Waals surface area (Å²) in [6, 6.07) is 14.5. The van der Waals surface area contributed by atoms with Crippen LogP contribution in [0, 0.1) is 6.54 Å². The molecule has 0 fully saturated rings. The summed E-state index contributed by atoms with van der Waals surface area (Å²) in [6.07, 6.45) is 6.25. The number of hydrogen-bond donors (Lipinski definition) is 0. The average Bonchev–Trinajstić information content (AvgIpc) is 3.04. The van der Waals surface area contributed by atoms with Crippen LogP contribution in [0.25, 0.3) is 6.08 Å². The highest BCUT2D eigenvalue weighted by Crippen LogP contribution is 2.31. The van der Waals surface area contributed by atoms with Crippen LogP contribution in [0.5, 0.6) is 0 Å². The summed E-state index contributed by atoms with van der Waals surface area (Å²) in [5.41, 5.74) is 3.01. The Morgan fingerprint density at radius 3 is 2.61 bits per heavy atom. The number of rotatable bonds is 2. The first-order chi connectivity index (χ1) is 11.3. The summed E-state index contributed by atoms with van der Waals surface area (Å²) in [7, 11) is 0. The molecule has 0 spiro atoms. The van der Waals surface area contributed by atoms with Crippen LogP contribution in [-0.4, -0.2) is 18.5 Å². The lowest BCUT2D eigenvalue weighted by atomic mass is 10.0. The van der Waals surface area contributed by atoms with Crippen molar-refractivity contribution in [2.24, 2.45) is 0 Å². The van der Waals surface area contributed by atoms with Crippen molar-refractivity contribution in [1.82, 2.24) is 5.10 Å². The van der Waals surface area contributed by atoms with Crippen molar-refractivity contribution in [3.8, 4) is 0 Å². The fourth-order valence-electron chi connectivity index (χ4n) is 2.54. The second-order valence-electron chi connectivity index (χ2n) is 5.00. The molecule has 2 amide bonds. The highest BCUT2D eigenvalue weighted by molar-refractivity contribution is 6.15. The summed E-state index contributed by atoms with van der Waals surface area (Å²) in [4.78, 5) is 25.1. The highest BCUT2D eigenvalue weighted by atomic mass is 16.2. The molecule has 2 aliphatic rings. The maximum atomic E-state index is 12.7. The predicted octanol–water partition coefficient (Wildman–Crippen LogP) is 1.59. The van der Waals surface area contributed by atoms with Crippen LogP contribution in [0.4, 0.5) is 11.4 Å². The summed E-state index contributed by atoms with van der Waals surface area (Å²) < 4.78 is 0. The molecule has 0 unspecified atom stereocenters. The molecule has 0 N–H and O–H groups in total. The van der Waals surface area contributed by atoms with Gasteiger partial charge in [-0.1, -0.05) is 30.3 Å². The van der Waals surface area contributed by atoms with Gasteiger partial charge in [-0.3, -0.25) is 14.5 Å². The van der Waals surface area contributed by atoms with Gasteiger partial charge in [0.2, 0.25) is 0 Å². The van der Waals surface area contributed by atoms with E-state index in [1.165, 1.54) is 5.01 Å². The quantitative estimate of drug-likeness (QED) is 0.845. The van der Waals surface area contributed by atoms with Gasteiger partial charge in [-0.05, 0) is 34.8 Å². The Hall–Kier alpha value is -3.21. The van der Waals surface area contributed by atoms with Gasteiger partial charge in [0.1, 0.15) is 12.2 Å². The summed E-state index contributed by atoms with van der Waals surface area (Å²) in [6.45, 7) is 2.76. The normalized spacial score (nSPS) is 15.0. The van der Waals surface area contributed by atoms with Crippen LogP contribution < -0.4 is 15.0 Å². The Morgan fingerprint density at radius 1 is 1.04 bits per heavy atom. The molecule has 2 heterocycles. The number of carbonyl (C=O) groups is 1. The molecule has 5 nitrogen and oxygen atoms in total. The average molecular weight is 299 g/mol. The second-order valence-corrected chi connectivity index (χ2v) is 5.00. The zero-order chi connectivity index (χ0) is 15.8. The van der Waals surface area contributed by atoms with Gasteiger partial charge in [0.25, 0.3) is 0 Å². The lowest BCUT2D eigenvalue weighted by Gasteiger charge is -2.23. The minimum Gasteiger partial charge on any atom is -0.287 e. The van der Waals surface area contributed by atoms with E-state index in [9.17, 15) is 9.59 Å². The van der Waals surface area contributed by atoms with Gasteiger partial charge in [-0.15, -0.1) is 0 Å². The number of nitrogens with zero attached hydrogens (tertiary/aromatic N) is 3. The second kappa shape index (κ2) is 5.21. The lowest BCUT2D eigenvalue weighted by Crippen LogP contribution is -2.35. The fourth-order valence-corrected chi connectivity index (χ4v) is 2.54. The Labute approximate surface area is 133 Å². The molecule has 0 aromatic heterocycles. The number of hydrogen-bond acceptors (Lipinski definition) is 3. The molecule has 0 bridgehead atoms. The highest BCUT2D eigenvalue weighted by Gasteiger charge is 2.37. The third-order valence-electron chi connectivity index (χ3n) is 3.63. The van der Waals surface area contributed by atoms with E-state index in [1.54, 1.807) is 24.6 Å². The summed E-state index contributed by atoms with van der Waals surface area (Å²) in [5.74, 6) is -0.378. The molecule has 5 heteroatoms. The van der Waals surface area contributed by atoms with Gasteiger partial charge >= 0.3 is 18.5 Å². The van der Waals surface area contributed by atoms with Crippen molar-refractivity contribution < 1.29 is 9.59 Å². The topological polar surface area (TPSA) is 54.7 Å². The monoisotopic (exact) mass is 299 g/mol. The summed E-state index contributed by atoms with van der Waals surface area (Å²) >= 11 is 0. The molecule has 2 aromatic rings. The van der Waals surface area contributed by atoms with Crippen LogP contribution in [0.2, 0.25) is 0 Å². The molecular formula is C18H9N3O2+. The molecule has 0 saturated heterocycles. The number of fused-ring (bicyclic) bond motifs is 2. The Balaban J connectivity index is 1.72. The Morgan fingerprint density at radius 2 is 1.78 bits per heavy atom. The number of benzene rings is 2. The van der Waals surface area contributed by atoms with E-state index < -0.39 is 0 Å². The van der Waals surface area contributed by atoms with Crippen molar-refractivity contribution in [3.05, 3.63) is 71.8 Å². The molecule has 2 aliphatic heterocycles. The van der Waals surface area contributed by atoms with Gasteiger partial charge in [0.15, 0.2) is 5.10 Å². The SMILES string of the molecule is O=[C]N1[C]C(C(=O)N2[N+]=[C]c3ccccc32)=Cc2ccccc21. The van der Waals surface area contributed by atoms with Crippen molar-refractivity contribution >= 4 is 36.0 Å². The fraction of sp³-hybridized carbons (Fsp3) is 0. The number of hydrazone groups is 1. The van der Waals surface area contributed by atoms with Gasteiger partial charge in [0, 0.05) is 0 Å². The van der Waals surface area contributed by atoms with Crippen LogP contribution in [0.3, 0.4) is 0 Å². The number of carbonyl (C=O) groups excluding carboxylic acids is 2. The van der Waals surface area contributed by atoms with E-state index in [-0.39, 0.29) is 11.5 Å². The molecule has 23 heavy (non-hydrogen) atoms. The van der Waals surface area contributed by atoms with E-state index in [2.05, 4.69) is 17.9 Å². The van der Waals surface area contributed by atoms with E-state index in [0.29, 0.717) is 11.4 Å². The molecular weight excluding hydrogens is 290 g/mol. The molecule has 4 rings (SSSR count). The smallest absolute Gasteiger partial charge is 0.287 e. The maximum absolute atomic E-state index is 12.7. The molecule has 2 aromatic carbocycles. The first kappa shape index (κ1) is 13.5. The molecule has 0 aliphatic carbocycles. The van der Waals surface area contributed by atoms with Crippen molar-refractivity contribution in [2.75, 3.05) is 9.91 Å². The van der Waals surface area contributed by atoms with Gasteiger partial charge in [0.05, 0.1) is 16.8 Å². The van der Waals surface area contributed by atoms with Crippen LogP contribution in [-0.2, 0) is 9.59 Å². The van der Waals surface area contributed by atoms with E-state index in [0.717, 1.165) is 16.0 Å². The first-order valence-corrected chi connectivity index (χ1v) is 6.93. The Kier molecular flexibility index (Phi) is 3.05. The first-order valence-electron chi connectivity index (χ1n) is 6.93. The van der Waals surface area contributed by atoms with Crippen molar-refractivity contribution in [1.29, 1.82) is 0 Å². The molecule has 107 valence electrons. The van der Waals surface area contributed by atoms with Gasteiger partial charge in [-0.2, -0.15) is 0 Å². The largest absolute Gasteiger partial charge is 0.401 e. The predicted molar refractivity (Wildman–Crippen MR) is 86.0 cm³/mol. The third kappa shape index (κ3) is 2.14. The van der Waals surface area contributed by atoms with E-state index in [1.807, 2.05) is 36.4 Å². The van der Waals surface area contributed by atoms with Crippen LogP contribution in [0.1, 0.15) is 11.1 Å². The van der Waals surface area contributed by atoms with Gasteiger partial charge in [-0.25, -0.2) is 0 Å². The maximum Gasteiger partial charge on any atom is 0.401 e. The minimum absolute atomic E-state index is 0.231. The van der Waals surface area contributed by atoms with Crippen molar-refractivity contribution in [2.45, 2.75) is 0 Å². The number of para-hydroxylation sites is 2. The molecule has 5 radical (unpaired) electrons. The zero-order valence-electron chi connectivity index (χ0n) is 11.9. The lowest BCUT2D eigenvalue weighted by molar-refractivity contribution is -0.115. The van der Waals surface area contributed by atoms with Crippen LogP contribution in [0.15, 0.2) is 54.1 Å². The van der Waals surface area contributed by atoms with Crippen molar-refractivity contribution in [3.63, 3.8) is 0 Å². The minimum atomic E-state index is -0.378. The molecule has 0 saturated carbocycles. The number of amides is 2. The van der Waals surface area contributed by atoms with Crippen LogP contribution >= 0.6 is 0 Å². The molecule has 0 atom stereocenters. The third-order valence-corrected chi connectivity index (χ3v) is 3.63. The Bertz CT molecular complexity index is 870. The van der Waals surface area contributed by atoms with Gasteiger partial charge < -0.3 is 0 Å². The number of anilines is 2. The van der Waals surface area contributed by atoms with E-state index >= 15 is 0 Å². The zero-order valence-corrected chi connectivity index (χ0v) is 11.9.